The third-order valence-electron chi connectivity index (χ3n) is 12.6. The zero-order valence-electron chi connectivity index (χ0n) is 32.3. The molecule has 2 aromatic heterocycles. The van der Waals surface area contributed by atoms with Crippen LogP contribution >= 0.6 is 11.3 Å². The highest BCUT2D eigenvalue weighted by molar-refractivity contribution is 7.26. The largest absolute Gasteiger partial charge is 0.310 e. The third kappa shape index (κ3) is 4.84. The van der Waals surface area contributed by atoms with Crippen molar-refractivity contribution in [3.63, 3.8) is 0 Å². The summed E-state index contributed by atoms with van der Waals surface area (Å²) >= 11 is 1.90. The zero-order valence-corrected chi connectivity index (χ0v) is 33.1. The van der Waals surface area contributed by atoms with Crippen LogP contribution in [-0.4, -0.2) is 4.57 Å². The molecule has 12 rings (SSSR count). The first kappa shape index (κ1) is 33.2. The Labute approximate surface area is 341 Å². The number of aromatic nitrogens is 1. The predicted octanol–water partition coefficient (Wildman–Crippen LogP) is 15.7. The summed E-state index contributed by atoms with van der Waals surface area (Å²) < 4.78 is 5.04. The second-order valence-corrected chi connectivity index (χ2v) is 17.2. The first-order chi connectivity index (χ1) is 28.5. The summed E-state index contributed by atoms with van der Waals surface area (Å²) in [5, 5.41) is 7.72. The minimum Gasteiger partial charge on any atom is -0.310 e. The van der Waals surface area contributed by atoms with Crippen molar-refractivity contribution in [2.45, 2.75) is 19.3 Å². The molecule has 0 fully saturated rings. The highest BCUT2D eigenvalue weighted by Crippen LogP contribution is 2.52. The van der Waals surface area contributed by atoms with Crippen LogP contribution in [0.15, 0.2) is 194 Å². The Morgan fingerprint density at radius 1 is 0.448 bits per heavy atom. The van der Waals surface area contributed by atoms with Crippen LogP contribution in [0.25, 0.3) is 80.7 Å². The Kier molecular flexibility index (Phi) is 7.18. The molecule has 0 aliphatic heterocycles. The van der Waals surface area contributed by atoms with Crippen molar-refractivity contribution in [1.82, 2.24) is 4.57 Å². The second-order valence-electron chi connectivity index (χ2n) is 16.1. The van der Waals surface area contributed by atoms with Crippen molar-refractivity contribution in [1.29, 1.82) is 0 Å². The Bertz CT molecular complexity index is 3440. The molecule has 0 bridgehead atoms. The van der Waals surface area contributed by atoms with Gasteiger partial charge < -0.3 is 9.47 Å². The molecule has 58 heavy (non-hydrogen) atoms. The van der Waals surface area contributed by atoms with Gasteiger partial charge in [-0.2, -0.15) is 0 Å². The molecule has 0 spiro atoms. The molecule has 3 heteroatoms. The van der Waals surface area contributed by atoms with Gasteiger partial charge in [-0.05, 0) is 93.2 Å². The lowest BCUT2D eigenvalue weighted by Crippen LogP contribution is -2.16. The van der Waals surface area contributed by atoms with E-state index in [9.17, 15) is 0 Å². The van der Waals surface area contributed by atoms with Gasteiger partial charge in [0.2, 0.25) is 0 Å². The third-order valence-corrected chi connectivity index (χ3v) is 13.8. The molecule has 0 radical (unpaired) electrons. The molecule has 1 aliphatic rings. The van der Waals surface area contributed by atoms with Gasteiger partial charge in [-0.3, -0.25) is 0 Å². The molecule has 2 heterocycles. The van der Waals surface area contributed by atoms with Gasteiger partial charge in [-0.15, -0.1) is 11.3 Å². The first-order valence-corrected chi connectivity index (χ1v) is 20.9. The van der Waals surface area contributed by atoms with Crippen LogP contribution < -0.4 is 4.90 Å². The lowest BCUT2D eigenvalue weighted by molar-refractivity contribution is 0.660. The summed E-state index contributed by atoms with van der Waals surface area (Å²) in [6, 6.07) is 71.9. The molecule has 0 N–H and O–H groups in total. The Morgan fingerprint density at radius 2 is 1.10 bits per heavy atom. The second kappa shape index (κ2) is 12.5. The van der Waals surface area contributed by atoms with Crippen LogP contribution in [-0.2, 0) is 5.41 Å². The van der Waals surface area contributed by atoms with Gasteiger partial charge in [0.25, 0.3) is 0 Å². The van der Waals surface area contributed by atoms with Crippen LogP contribution in [0.4, 0.5) is 17.1 Å². The van der Waals surface area contributed by atoms with Crippen LogP contribution in [0.5, 0.6) is 0 Å². The molecule has 0 saturated heterocycles. The van der Waals surface area contributed by atoms with Crippen molar-refractivity contribution >= 4 is 81.1 Å². The highest BCUT2D eigenvalue weighted by atomic mass is 32.1. The molecule has 0 amide bonds. The van der Waals surface area contributed by atoms with E-state index in [-0.39, 0.29) is 5.41 Å². The predicted molar refractivity (Wildman–Crippen MR) is 249 cm³/mol. The van der Waals surface area contributed by atoms with E-state index < -0.39 is 0 Å². The Balaban J connectivity index is 1.09. The Morgan fingerprint density at radius 3 is 2.00 bits per heavy atom. The number of hydrogen-bond acceptors (Lipinski definition) is 2. The number of nitrogens with zero attached hydrogens (tertiary/aromatic N) is 2. The van der Waals surface area contributed by atoms with Gasteiger partial charge in [0.1, 0.15) is 0 Å². The highest BCUT2D eigenvalue weighted by Gasteiger charge is 2.36. The average Bonchev–Trinajstić information content (AvgIpc) is 3.89. The minimum atomic E-state index is -0.125. The molecule has 2 nitrogen and oxygen atoms in total. The van der Waals surface area contributed by atoms with Gasteiger partial charge in [-0.25, -0.2) is 0 Å². The number of fused-ring (bicyclic) bond motifs is 11. The lowest BCUT2D eigenvalue weighted by atomic mass is 9.82. The lowest BCUT2D eigenvalue weighted by Gasteiger charge is -2.30. The van der Waals surface area contributed by atoms with Crippen LogP contribution in [0, 0.1) is 0 Å². The topological polar surface area (TPSA) is 8.17 Å². The molecule has 0 saturated carbocycles. The number of hydrogen-bond donors (Lipinski definition) is 0. The van der Waals surface area contributed by atoms with E-state index in [2.05, 4.69) is 217 Å². The monoisotopic (exact) mass is 758 g/mol. The molecule has 11 aromatic rings. The number of para-hydroxylation sites is 3. The van der Waals surface area contributed by atoms with E-state index >= 15 is 0 Å². The molecule has 9 aromatic carbocycles. The van der Waals surface area contributed by atoms with Gasteiger partial charge in [0.15, 0.2) is 0 Å². The normalized spacial score (nSPS) is 13.1. The molecule has 0 unspecified atom stereocenters. The van der Waals surface area contributed by atoms with Crippen LogP contribution in [0.1, 0.15) is 25.0 Å². The van der Waals surface area contributed by atoms with Gasteiger partial charge in [0, 0.05) is 59.0 Å². The number of thiophene rings is 1. The molecule has 1 aliphatic carbocycles. The van der Waals surface area contributed by atoms with Crippen molar-refractivity contribution < 1.29 is 0 Å². The Hall–Kier alpha value is -6.94. The molecule has 0 atom stereocenters. The fraction of sp³-hybridized carbons (Fsp3) is 0.0545. The standard InChI is InChI=1S/C55H38N2S/c1-55(2)48-21-11-8-19-42(48)43-30-26-38(33-49(43)55)56(39-27-31-46-47-29-24-35-14-6-7-18-41(35)54(47)58-53(46)34-39)50-22-12-9-17-40(50)36-25-28-45-44-20-10-13-23-51(44)57(52(45)32-36)37-15-4-3-5-16-37/h3-34H,1-2H3. The maximum atomic E-state index is 2.49. The number of rotatable bonds is 5. The van der Waals surface area contributed by atoms with E-state index in [0.29, 0.717) is 0 Å². The van der Waals surface area contributed by atoms with E-state index in [1.807, 2.05) is 11.3 Å². The smallest absolute Gasteiger partial charge is 0.0547 e. The number of anilines is 3. The molecular formula is C55H38N2S. The van der Waals surface area contributed by atoms with Crippen molar-refractivity contribution in [2.75, 3.05) is 4.90 Å². The van der Waals surface area contributed by atoms with E-state index in [4.69, 9.17) is 0 Å². The summed E-state index contributed by atoms with van der Waals surface area (Å²) in [4.78, 5) is 2.49. The van der Waals surface area contributed by atoms with E-state index in [1.54, 1.807) is 0 Å². The van der Waals surface area contributed by atoms with Gasteiger partial charge in [-0.1, -0.05) is 153 Å². The SMILES string of the molecule is CC1(C)c2ccccc2-c2ccc(N(c3ccc4c(c3)sc3c5ccccc5ccc43)c3ccccc3-c3ccc4c5ccccc5n(-c5ccccc5)c4c3)cc21. The van der Waals surface area contributed by atoms with Gasteiger partial charge in [0.05, 0.1) is 16.7 Å². The molecule has 274 valence electrons. The van der Waals surface area contributed by atoms with Crippen LogP contribution in [0.3, 0.4) is 0 Å². The van der Waals surface area contributed by atoms with Crippen molar-refractivity contribution in [2.24, 2.45) is 0 Å². The van der Waals surface area contributed by atoms with Crippen molar-refractivity contribution in [3.8, 4) is 27.9 Å². The average molecular weight is 759 g/mol. The van der Waals surface area contributed by atoms with E-state index in [1.165, 1.54) is 86.1 Å². The fourth-order valence-corrected chi connectivity index (χ4v) is 11.1. The first-order valence-electron chi connectivity index (χ1n) is 20.1. The quantitative estimate of drug-likeness (QED) is 0.170. The van der Waals surface area contributed by atoms with E-state index in [0.717, 1.165) is 22.7 Å². The fourth-order valence-electron chi connectivity index (χ4n) is 9.80. The summed E-state index contributed by atoms with van der Waals surface area (Å²) in [6.45, 7) is 4.74. The maximum absolute atomic E-state index is 2.49. The maximum Gasteiger partial charge on any atom is 0.0547 e. The van der Waals surface area contributed by atoms with Crippen molar-refractivity contribution in [3.05, 3.63) is 205 Å². The minimum absolute atomic E-state index is 0.125. The summed E-state index contributed by atoms with van der Waals surface area (Å²) in [5.41, 5.74) is 14.6. The van der Waals surface area contributed by atoms with Gasteiger partial charge >= 0.3 is 0 Å². The summed E-state index contributed by atoms with van der Waals surface area (Å²) in [6.07, 6.45) is 0. The summed E-state index contributed by atoms with van der Waals surface area (Å²) in [7, 11) is 0. The summed E-state index contributed by atoms with van der Waals surface area (Å²) in [5.74, 6) is 0. The van der Waals surface area contributed by atoms with Crippen LogP contribution in [0.2, 0.25) is 0 Å². The molecular weight excluding hydrogens is 721 g/mol. The zero-order chi connectivity index (χ0) is 38.5. The number of benzene rings is 9.